The molecule has 1 aliphatic rings. The van der Waals surface area contributed by atoms with E-state index in [-0.39, 0.29) is 11.4 Å². The minimum atomic E-state index is -4.38. The first kappa shape index (κ1) is 16.2. The molecule has 0 aliphatic carbocycles. The Hall–Kier alpha value is -1.67. The summed E-state index contributed by atoms with van der Waals surface area (Å²) in [6.07, 6.45) is -4.38. The molecule has 1 aromatic carbocycles. The molecule has 1 atom stereocenters. The summed E-state index contributed by atoms with van der Waals surface area (Å²) in [6, 6.07) is 8.08. The van der Waals surface area contributed by atoms with Gasteiger partial charge in [-0.2, -0.15) is 13.2 Å². The van der Waals surface area contributed by atoms with Crippen LogP contribution in [0.2, 0.25) is 0 Å². The zero-order valence-corrected chi connectivity index (χ0v) is 13.5. The highest BCUT2D eigenvalue weighted by Crippen LogP contribution is 2.40. The second kappa shape index (κ2) is 6.45. The fourth-order valence-electron chi connectivity index (χ4n) is 2.28. The molecular weight excluding hydrogens is 345 g/mol. The second-order valence-corrected chi connectivity index (χ2v) is 7.10. The number of thiophene rings is 1. The van der Waals surface area contributed by atoms with Gasteiger partial charge in [0, 0.05) is 22.9 Å². The topological polar surface area (TPSA) is 32.3 Å². The summed E-state index contributed by atoms with van der Waals surface area (Å²) in [7, 11) is 0. The number of urea groups is 1. The smallest absolute Gasteiger partial charge is 0.308 e. The average Bonchev–Trinajstić information content (AvgIpc) is 3.17. The lowest BCUT2D eigenvalue weighted by molar-refractivity contribution is -0.137. The number of nitrogens with zero attached hydrogens (tertiary/aromatic N) is 1. The molecule has 0 saturated carbocycles. The van der Waals surface area contributed by atoms with Crippen molar-refractivity contribution in [2.45, 2.75) is 11.6 Å². The number of benzene rings is 1. The molecule has 1 aromatic heterocycles. The lowest BCUT2D eigenvalue weighted by atomic mass is 10.2. The first-order valence-electron chi connectivity index (χ1n) is 6.85. The normalized spacial score (nSPS) is 18.2. The van der Waals surface area contributed by atoms with Crippen molar-refractivity contribution in [2.75, 3.05) is 17.6 Å². The van der Waals surface area contributed by atoms with Crippen molar-refractivity contribution in [1.82, 2.24) is 4.90 Å². The Morgan fingerprint density at radius 2 is 1.96 bits per heavy atom. The van der Waals surface area contributed by atoms with Crippen LogP contribution in [0.4, 0.5) is 23.7 Å². The fourth-order valence-corrected chi connectivity index (χ4v) is 4.52. The van der Waals surface area contributed by atoms with Crippen molar-refractivity contribution in [1.29, 1.82) is 0 Å². The Labute approximate surface area is 139 Å². The molecule has 3 rings (SSSR count). The molecule has 1 saturated heterocycles. The van der Waals surface area contributed by atoms with Crippen LogP contribution >= 0.6 is 23.1 Å². The number of rotatable bonds is 2. The monoisotopic (exact) mass is 358 g/mol. The third-order valence-electron chi connectivity index (χ3n) is 3.40. The third kappa shape index (κ3) is 3.64. The van der Waals surface area contributed by atoms with Gasteiger partial charge in [0.2, 0.25) is 0 Å². The van der Waals surface area contributed by atoms with Gasteiger partial charge in [-0.05, 0) is 35.7 Å². The molecule has 0 unspecified atom stereocenters. The molecule has 0 spiro atoms. The number of carbonyl (C=O) groups is 1. The molecule has 2 heterocycles. The predicted octanol–water partition coefficient (Wildman–Crippen LogP) is 5.05. The summed E-state index contributed by atoms with van der Waals surface area (Å²) >= 11 is 3.26. The van der Waals surface area contributed by atoms with Crippen molar-refractivity contribution >= 4 is 34.8 Å². The summed E-state index contributed by atoms with van der Waals surface area (Å²) in [5.74, 6) is 0.836. The van der Waals surface area contributed by atoms with Crippen LogP contribution in [0.15, 0.2) is 41.8 Å². The molecule has 1 N–H and O–H groups in total. The first-order valence-corrected chi connectivity index (χ1v) is 8.78. The minimum Gasteiger partial charge on any atom is -0.308 e. The zero-order valence-electron chi connectivity index (χ0n) is 11.8. The Bertz CT molecular complexity index is 671. The maximum Gasteiger partial charge on any atom is 0.416 e. The third-order valence-corrected chi connectivity index (χ3v) is 5.72. The van der Waals surface area contributed by atoms with Crippen molar-refractivity contribution in [2.24, 2.45) is 0 Å². The molecule has 1 fully saturated rings. The first-order chi connectivity index (χ1) is 10.9. The maximum absolute atomic E-state index is 12.5. The number of thioether (sulfide) groups is 1. The molecule has 23 heavy (non-hydrogen) atoms. The molecule has 8 heteroatoms. The molecule has 122 valence electrons. The lowest BCUT2D eigenvalue weighted by Gasteiger charge is -2.23. The van der Waals surface area contributed by atoms with E-state index in [0.717, 1.165) is 22.8 Å². The summed E-state index contributed by atoms with van der Waals surface area (Å²) < 4.78 is 37.6. The van der Waals surface area contributed by atoms with E-state index in [1.165, 1.54) is 12.1 Å². The number of alkyl halides is 3. The number of hydrogen-bond acceptors (Lipinski definition) is 3. The summed E-state index contributed by atoms with van der Waals surface area (Å²) in [4.78, 5) is 15.2. The standard InChI is InChI=1S/C15H13F3N2OS2/c16-15(17,18)10-3-5-11(6-4-10)19-14(21)20-7-9-23-13(20)12-2-1-8-22-12/h1-6,8,13H,7,9H2,(H,19,21)/t13-/m0/s1. The predicted molar refractivity (Wildman–Crippen MR) is 86.7 cm³/mol. The van der Waals surface area contributed by atoms with Gasteiger partial charge in [0.1, 0.15) is 5.37 Å². The van der Waals surface area contributed by atoms with Crippen LogP contribution in [0.5, 0.6) is 0 Å². The van der Waals surface area contributed by atoms with Gasteiger partial charge < -0.3 is 10.2 Å². The largest absolute Gasteiger partial charge is 0.416 e. The van der Waals surface area contributed by atoms with Gasteiger partial charge in [0.25, 0.3) is 0 Å². The van der Waals surface area contributed by atoms with Gasteiger partial charge in [0.15, 0.2) is 0 Å². The van der Waals surface area contributed by atoms with Crippen LogP contribution in [0.3, 0.4) is 0 Å². The number of halogens is 3. The number of carbonyl (C=O) groups excluding carboxylic acids is 1. The van der Waals surface area contributed by atoms with E-state index in [2.05, 4.69) is 5.32 Å². The molecule has 0 bridgehead atoms. The Morgan fingerprint density at radius 1 is 1.22 bits per heavy atom. The van der Waals surface area contributed by atoms with Gasteiger partial charge in [-0.3, -0.25) is 0 Å². The number of anilines is 1. The van der Waals surface area contributed by atoms with Crippen molar-refractivity contribution in [3.8, 4) is 0 Å². The lowest BCUT2D eigenvalue weighted by Crippen LogP contribution is -2.34. The highest BCUT2D eigenvalue weighted by Gasteiger charge is 2.32. The van der Waals surface area contributed by atoms with E-state index in [1.54, 1.807) is 28.0 Å². The van der Waals surface area contributed by atoms with E-state index >= 15 is 0 Å². The molecular formula is C15H13F3N2OS2. The van der Waals surface area contributed by atoms with Gasteiger partial charge in [-0.25, -0.2) is 4.79 Å². The Morgan fingerprint density at radius 3 is 2.57 bits per heavy atom. The molecule has 1 aliphatic heterocycles. The van der Waals surface area contributed by atoms with E-state index < -0.39 is 11.7 Å². The van der Waals surface area contributed by atoms with Crippen LogP contribution in [-0.4, -0.2) is 23.2 Å². The van der Waals surface area contributed by atoms with Gasteiger partial charge in [-0.1, -0.05) is 6.07 Å². The average molecular weight is 358 g/mol. The highest BCUT2D eigenvalue weighted by molar-refractivity contribution is 7.99. The highest BCUT2D eigenvalue weighted by atomic mass is 32.2. The number of hydrogen-bond donors (Lipinski definition) is 1. The van der Waals surface area contributed by atoms with E-state index in [9.17, 15) is 18.0 Å². The molecule has 3 nitrogen and oxygen atoms in total. The van der Waals surface area contributed by atoms with Gasteiger partial charge >= 0.3 is 12.2 Å². The maximum atomic E-state index is 12.5. The Balaban J connectivity index is 1.69. The SMILES string of the molecule is O=C(Nc1ccc(C(F)(F)F)cc1)N1CCS[C@H]1c1cccs1. The van der Waals surface area contributed by atoms with E-state index in [1.807, 2.05) is 17.5 Å². The molecule has 2 aromatic rings. The van der Waals surface area contributed by atoms with Crippen molar-refractivity contribution < 1.29 is 18.0 Å². The van der Waals surface area contributed by atoms with E-state index in [0.29, 0.717) is 12.2 Å². The van der Waals surface area contributed by atoms with Crippen molar-refractivity contribution in [3.05, 3.63) is 52.2 Å². The zero-order chi connectivity index (χ0) is 16.4. The Kier molecular flexibility index (Phi) is 4.54. The van der Waals surface area contributed by atoms with Crippen LogP contribution in [0, 0.1) is 0 Å². The summed E-state index contributed by atoms with van der Waals surface area (Å²) in [5, 5.41) is 4.59. The van der Waals surface area contributed by atoms with Crippen molar-refractivity contribution in [3.63, 3.8) is 0 Å². The van der Waals surface area contributed by atoms with E-state index in [4.69, 9.17) is 0 Å². The van der Waals surface area contributed by atoms with Crippen LogP contribution in [0.25, 0.3) is 0 Å². The molecule has 2 amide bonds. The summed E-state index contributed by atoms with van der Waals surface area (Å²) in [5.41, 5.74) is -0.381. The molecule has 0 radical (unpaired) electrons. The second-order valence-electron chi connectivity index (χ2n) is 4.94. The number of amides is 2. The quantitative estimate of drug-likeness (QED) is 0.815. The summed E-state index contributed by atoms with van der Waals surface area (Å²) in [6.45, 7) is 0.611. The van der Waals surface area contributed by atoms with Gasteiger partial charge in [0.05, 0.1) is 5.56 Å². The van der Waals surface area contributed by atoms with Gasteiger partial charge in [-0.15, -0.1) is 23.1 Å². The fraction of sp³-hybridized carbons (Fsp3) is 0.267. The van der Waals surface area contributed by atoms with Crippen LogP contribution < -0.4 is 5.32 Å². The number of nitrogens with one attached hydrogen (secondary N) is 1. The van der Waals surface area contributed by atoms with Crippen LogP contribution in [-0.2, 0) is 6.18 Å². The minimum absolute atomic E-state index is 0.0375. The van der Waals surface area contributed by atoms with Crippen LogP contribution in [0.1, 0.15) is 15.8 Å².